The summed E-state index contributed by atoms with van der Waals surface area (Å²) in [4.78, 5) is 13.5. The Bertz CT molecular complexity index is 806. The number of hydrogen-bond acceptors (Lipinski definition) is 4. The highest BCUT2D eigenvalue weighted by Crippen LogP contribution is 2.33. The predicted molar refractivity (Wildman–Crippen MR) is 90.7 cm³/mol. The highest BCUT2D eigenvalue weighted by Gasteiger charge is 2.21. The summed E-state index contributed by atoms with van der Waals surface area (Å²) in [5.41, 5.74) is 2.95. The number of methoxy groups -OCH3 is 2. The first-order valence-electron chi connectivity index (χ1n) is 7.99. The van der Waals surface area contributed by atoms with Crippen LogP contribution in [0.2, 0.25) is 0 Å². The molecule has 0 aliphatic carbocycles. The van der Waals surface area contributed by atoms with E-state index in [1.807, 2.05) is 12.1 Å². The third-order valence-electron chi connectivity index (χ3n) is 4.49. The van der Waals surface area contributed by atoms with Crippen molar-refractivity contribution in [3.05, 3.63) is 58.4 Å². The molecule has 0 saturated heterocycles. The average Bonchev–Trinajstić information content (AvgIpc) is 2.61. The molecule has 0 radical (unpaired) electrons. The van der Waals surface area contributed by atoms with Crippen molar-refractivity contribution in [3.63, 3.8) is 0 Å². The molecular formula is C19H20FNO4. The van der Waals surface area contributed by atoms with E-state index in [1.165, 1.54) is 11.6 Å². The van der Waals surface area contributed by atoms with Gasteiger partial charge in [0.2, 0.25) is 0 Å². The molecule has 2 aromatic rings. The van der Waals surface area contributed by atoms with E-state index in [1.54, 1.807) is 20.3 Å². The molecule has 5 nitrogen and oxygen atoms in total. The standard InChI is InChI=1S/C19H20FNO4/c1-24-17-7-12-5-6-21(11-14(12)8-18(17)25-2)10-13-3-4-15(20)9-16(13)19(22)23/h3-4,7-9H,5-6,10-11H2,1-2H3,(H,22,23). The van der Waals surface area contributed by atoms with Crippen molar-refractivity contribution in [2.75, 3.05) is 20.8 Å². The Balaban J connectivity index is 1.83. The van der Waals surface area contributed by atoms with Crippen molar-refractivity contribution < 1.29 is 23.8 Å². The maximum atomic E-state index is 13.3. The molecule has 25 heavy (non-hydrogen) atoms. The Kier molecular flexibility index (Phi) is 4.90. The second kappa shape index (κ2) is 7.11. The van der Waals surface area contributed by atoms with Gasteiger partial charge in [0.05, 0.1) is 19.8 Å². The topological polar surface area (TPSA) is 59.0 Å². The molecule has 0 fully saturated rings. The number of ether oxygens (including phenoxy) is 2. The molecule has 2 aromatic carbocycles. The van der Waals surface area contributed by atoms with Crippen LogP contribution in [0.25, 0.3) is 0 Å². The molecule has 0 aromatic heterocycles. The van der Waals surface area contributed by atoms with E-state index in [4.69, 9.17) is 9.47 Å². The van der Waals surface area contributed by atoms with Crippen LogP contribution in [-0.2, 0) is 19.5 Å². The summed E-state index contributed by atoms with van der Waals surface area (Å²) in [5.74, 6) is -0.266. The van der Waals surface area contributed by atoms with Crippen LogP contribution >= 0.6 is 0 Å². The van der Waals surface area contributed by atoms with E-state index in [0.29, 0.717) is 30.2 Å². The Morgan fingerprint density at radius 2 is 1.84 bits per heavy atom. The van der Waals surface area contributed by atoms with Gasteiger partial charge in [-0.25, -0.2) is 9.18 Å². The van der Waals surface area contributed by atoms with Crippen molar-refractivity contribution in [3.8, 4) is 11.5 Å². The third kappa shape index (κ3) is 3.58. The van der Waals surface area contributed by atoms with Gasteiger partial charge in [-0.2, -0.15) is 0 Å². The van der Waals surface area contributed by atoms with Gasteiger partial charge in [0, 0.05) is 19.6 Å². The monoisotopic (exact) mass is 345 g/mol. The number of carboxylic acids is 1. The number of carboxylic acid groups (broad SMARTS) is 1. The fourth-order valence-corrected chi connectivity index (χ4v) is 3.20. The van der Waals surface area contributed by atoms with Gasteiger partial charge < -0.3 is 14.6 Å². The molecule has 0 atom stereocenters. The highest BCUT2D eigenvalue weighted by molar-refractivity contribution is 5.89. The first-order valence-corrected chi connectivity index (χ1v) is 7.99. The van der Waals surface area contributed by atoms with E-state index < -0.39 is 11.8 Å². The van der Waals surface area contributed by atoms with Crippen LogP contribution in [0.3, 0.4) is 0 Å². The zero-order chi connectivity index (χ0) is 18.0. The van der Waals surface area contributed by atoms with Crippen LogP contribution < -0.4 is 9.47 Å². The quantitative estimate of drug-likeness (QED) is 0.902. The Morgan fingerprint density at radius 1 is 1.16 bits per heavy atom. The van der Waals surface area contributed by atoms with Crippen molar-refractivity contribution in [2.45, 2.75) is 19.5 Å². The van der Waals surface area contributed by atoms with Crippen LogP contribution in [-0.4, -0.2) is 36.7 Å². The molecule has 1 N–H and O–H groups in total. The molecule has 0 bridgehead atoms. The Hall–Kier alpha value is -2.60. The van der Waals surface area contributed by atoms with Crippen molar-refractivity contribution in [1.82, 2.24) is 4.90 Å². The average molecular weight is 345 g/mol. The second-order valence-electron chi connectivity index (χ2n) is 6.04. The third-order valence-corrected chi connectivity index (χ3v) is 4.49. The largest absolute Gasteiger partial charge is 0.493 e. The summed E-state index contributed by atoms with van der Waals surface area (Å²) < 4.78 is 24.0. The number of hydrogen-bond donors (Lipinski definition) is 1. The Labute approximate surface area is 145 Å². The van der Waals surface area contributed by atoms with Gasteiger partial charge in [-0.05, 0) is 47.4 Å². The lowest BCUT2D eigenvalue weighted by Crippen LogP contribution is -2.30. The smallest absolute Gasteiger partial charge is 0.336 e. The van der Waals surface area contributed by atoms with Crippen molar-refractivity contribution >= 4 is 5.97 Å². The fourth-order valence-electron chi connectivity index (χ4n) is 3.20. The maximum Gasteiger partial charge on any atom is 0.336 e. The minimum atomic E-state index is -1.11. The van der Waals surface area contributed by atoms with E-state index in [2.05, 4.69) is 4.90 Å². The lowest BCUT2D eigenvalue weighted by Gasteiger charge is -2.30. The molecule has 3 rings (SSSR count). The molecule has 1 aliphatic heterocycles. The molecule has 1 aliphatic rings. The lowest BCUT2D eigenvalue weighted by molar-refractivity contribution is 0.0693. The molecule has 0 saturated carbocycles. The van der Waals surface area contributed by atoms with Gasteiger partial charge in [0.25, 0.3) is 0 Å². The maximum absolute atomic E-state index is 13.3. The number of rotatable bonds is 5. The molecule has 1 heterocycles. The summed E-state index contributed by atoms with van der Waals surface area (Å²) in [5, 5.41) is 9.29. The van der Waals surface area contributed by atoms with Crippen LogP contribution in [0.4, 0.5) is 4.39 Å². The lowest BCUT2D eigenvalue weighted by atomic mass is 9.97. The summed E-state index contributed by atoms with van der Waals surface area (Å²) in [6, 6.07) is 7.87. The van der Waals surface area contributed by atoms with Crippen LogP contribution in [0.15, 0.2) is 30.3 Å². The minimum absolute atomic E-state index is 0.0121. The molecule has 0 unspecified atom stereocenters. The van der Waals surface area contributed by atoms with Crippen LogP contribution in [0, 0.1) is 5.82 Å². The number of aromatic carboxylic acids is 1. The molecule has 0 spiro atoms. The van der Waals surface area contributed by atoms with Gasteiger partial charge in [-0.3, -0.25) is 4.90 Å². The minimum Gasteiger partial charge on any atom is -0.493 e. The van der Waals surface area contributed by atoms with E-state index in [0.717, 1.165) is 24.6 Å². The van der Waals surface area contributed by atoms with Crippen LogP contribution in [0.1, 0.15) is 27.0 Å². The number of fused-ring (bicyclic) bond motifs is 1. The van der Waals surface area contributed by atoms with Gasteiger partial charge in [0.15, 0.2) is 11.5 Å². The van der Waals surface area contributed by atoms with Gasteiger partial charge in [-0.15, -0.1) is 0 Å². The van der Waals surface area contributed by atoms with E-state index in [-0.39, 0.29) is 5.56 Å². The molecule has 132 valence electrons. The summed E-state index contributed by atoms with van der Waals surface area (Å²) in [6.07, 6.45) is 0.833. The fraction of sp³-hybridized carbons (Fsp3) is 0.316. The normalized spacial score (nSPS) is 14.0. The van der Waals surface area contributed by atoms with E-state index >= 15 is 0 Å². The summed E-state index contributed by atoms with van der Waals surface area (Å²) in [6.45, 7) is 1.92. The summed E-state index contributed by atoms with van der Waals surface area (Å²) in [7, 11) is 3.21. The molecule has 0 amide bonds. The zero-order valence-corrected chi connectivity index (χ0v) is 14.2. The predicted octanol–water partition coefficient (Wildman–Crippen LogP) is 3.10. The first-order chi connectivity index (χ1) is 12.0. The highest BCUT2D eigenvalue weighted by atomic mass is 19.1. The first kappa shape index (κ1) is 17.2. The number of nitrogens with zero attached hydrogens (tertiary/aromatic N) is 1. The second-order valence-corrected chi connectivity index (χ2v) is 6.04. The number of carbonyl (C=O) groups is 1. The van der Waals surface area contributed by atoms with Crippen molar-refractivity contribution in [2.24, 2.45) is 0 Å². The zero-order valence-electron chi connectivity index (χ0n) is 14.2. The number of halogens is 1. The summed E-state index contributed by atoms with van der Waals surface area (Å²) >= 11 is 0. The molecular weight excluding hydrogens is 325 g/mol. The molecule has 6 heteroatoms. The van der Waals surface area contributed by atoms with Gasteiger partial charge >= 0.3 is 5.97 Å². The SMILES string of the molecule is COc1cc2c(cc1OC)CN(Cc1ccc(F)cc1C(=O)O)CC2. The number of benzene rings is 2. The van der Waals surface area contributed by atoms with Crippen LogP contribution in [0.5, 0.6) is 11.5 Å². The van der Waals surface area contributed by atoms with Crippen molar-refractivity contribution in [1.29, 1.82) is 0 Å². The Morgan fingerprint density at radius 3 is 2.48 bits per heavy atom. The van der Waals surface area contributed by atoms with E-state index in [9.17, 15) is 14.3 Å². The van der Waals surface area contributed by atoms with Gasteiger partial charge in [0.1, 0.15) is 5.82 Å². The van der Waals surface area contributed by atoms with Gasteiger partial charge in [-0.1, -0.05) is 6.07 Å².